The summed E-state index contributed by atoms with van der Waals surface area (Å²) < 4.78 is 6.32. The second-order valence-electron chi connectivity index (χ2n) is 6.23. The Morgan fingerprint density at radius 3 is 2.22 bits per heavy atom. The van der Waals surface area contributed by atoms with Crippen molar-refractivity contribution in [1.82, 2.24) is 10.2 Å². The average Bonchev–Trinajstić information content (AvgIpc) is 3.08. The maximum atomic E-state index is 9.10. The highest BCUT2D eigenvalue weighted by atomic mass is 79.9. The quantitative estimate of drug-likeness (QED) is 0.616. The number of carboxylic acid groups (broad SMARTS) is 2. The zero-order chi connectivity index (χ0) is 19.6. The Bertz CT molecular complexity index is 715. The van der Waals surface area contributed by atoms with Gasteiger partial charge in [0.25, 0.3) is 0 Å². The van der Waals surface area contributed by atoms with Crippen molar-refractivity contribution in [2.24, 2.45) is 0 Å². The molecule has 0 amide bonds. The Kier molecular flexibility index (Phi) is 8.50. The number of nitrogens with one attached hydrogen (secondary N) is 1. The third-order valence-electron chi connectivity index (χ3n) is 4.21. The first-order valence-corrected chi connectivity index (χ1v) is 9.43. The smallest absolute Gasteiger partial charge is 0.414 e. The van der Waals surface area contributed by atoms with Gasteiger partial charge in [0, 0.05) is 12.6 Å². The molecule has 1 saturated heterocycles. The lowest BCUT2D eigenvalue weighted by molar-refractivity contribution is -0.159. The molecule has 7 nitrogen and oxygen atoms in total. The predicted octanol–water partition coefficient (Wildman–Crippen LogP) is 2.95. The van der Waals surface area contributed by atoms with E-state index in [1.807, 2.05) is 12.1 Å². The summed E-state index contributed by atoms with van der Waals surface area (Å²) in [6, 6.07) is 15.3. The number of piperidine rings is 1. The number of furan rings is 1. The molecule has 0 aliphatic carbocycles. The van der Waals surface area contributed by atoms with Crippen molar-refractivity contribution in [2.45, 2.75) is 32.0 Å². The first-order valence-electron chi connectivity index (χ1n) is 8.64. The van der Waals surface area contributed by atoms with Crippen LogP contribution in [0.5, 0.6) is 0 Å². The molecular weight excluding hydrogens is 416 g/mol. The first kappa shape index (κ1) is 21.1. The van der Waals surface area contributed by atoms with Gasteiger partial charge in [0.15, 0.2) is 4.67 Å². The van der Waals surface area contributed by atoms with Crippen molar-refractivity contribution in [3.8, 4) is 0 Å². The molecule has 0 radical (unpaired) electrons. The van der Waals surface area contributed by atoms with Gasteiger partial charge in [-0.2, -0.15) is 0 Å². The number of halogens is 1. The van der Waals surface area contributed by atoms with Crippen LogP contribution in [0.25, 0.3) is 0 Å². The van der Waals surface area contributed by atoms with Gasteiger partial charge >= 0.3 is 11.9 Å². The van der Waals surface area contributed by atoms with Gasteiger partial charge < -0.3 is 19.9 Å². The molecule has 0 atom stereocenters. The summed E-state index contributed by atoms with van der Waals surface area (Å²) >= 11 is 3.34. The lowest BCUT2D eigenvalue weighted by Crippen LogP contribution is -2.41. The summed E-state index contributed by atoms with van der Waals surface area (Å²) in [5.41, 5.74) is 1.41. The number of carboxylic acids is 2. The molecule has 0 saturated carbocycles. The van der Waals surface area contributed by atoms with E-state index in [-0.39, 0.29) is 0 Å². The van der Waals surface area contributed by atoms with Crippen LogP contribution < -0.4 is 5.32 Å². The number of hydrogen-bond acceptors (Lipinski definition) is 5. The third kappa shape index (κ3) is 7.94. The van der Waals surface area contributed by atoms with Crippen molar-refractivity contribution in [3.05, 3.63) is 58.5 Å². The van der Waals surface area contributed by atoms with Gasteiger partial charge in [-0.25, -0.2) is 9.59 Å². The molecule has 1 aromatic carbocycles. The SMILES string of the molecule is Brc1ccc(CNC2CCN(Cc3ccccc3)CC2)o1.O=C(O)C(=O)O. The lowest BCUT2D eigenvalue weighted by Gasteiger charge is -2.32. The minimum atomic E-state index is -1.82. The van der Waals surface area contributed by atoms with Gasteiger partial charge in [0.2, 0.25) is 0 Å². The molecule has 8 heteroatoms. The lowest BCUT2D eigenvalue weighted by atomic mass is 10.0. The fourth-order valence-electron chi connectivity index (χ4n) is 2.83. The minimum Gasteiger partial charge on any atom is -0.473 e. The van der Waals surface area contributed by atoms with Crippen LogP contribution in [0, 0.1) is 0 Å². The predicted molar refractivity (Wildman–Crippen MR) is 103 cm³/mol. The van der Waals surface area contributed by atoms with E-state index in [0.717, 1.165) is 36.6 Å². The van der Waals surface area contributed by atoms with Crippen LogP contribution in [-0.4, -0.2) is 46.2 Å². The van der Waals surface area contributed by atoms with Gasteiger partial charge in [0.05, 0.1) is 6.54 Å². The van der Waals surface area contributed by atoms with Crippen molar-refractivity contribution >= 4 is 27.9 Å². The second-order valence-corrected chi connectivity index (χ2v) is 7.01. The molecule has 2 aromatic rings. The molecule has 3 N–H and O–H groups in total. The number of carbonyl (C=O) groups is 2. The number of aliphatic carboxylic acids is 2. The average molecular weight is 439 g/mol. The second kappa shape index (κ2) is 10.9. The molecule has 1 aliphatic rings. The Balaban J connectivity index is 0.000000380. The topological polar surface area (TPSA) is 103 Å². The molecule has 2 heterocycles. The van der Waals surface area contributed by atoms with Crippen LogP contribution in [0.15, 0.2) is 51.6 Å². The molecular formula is C19H23BrN2O5. The van der Waals surface area contributed by atoms with Crippen LogP contribution in [-0.2, 0) is 22.7 Å². The summed E-state index contributed by atoms with van der Waals surface area (Å²) in [6.07, 6.45) is 2.41. The fourth-order valence-corrected chi connectivity index (χ4v) is 3.17. The molecule has 0 bridgehead atoms. The van der Waals surface area contributed by atoms with Crippen molar-refractivity contribution in [1.29, 1.82) is 0 Å². The van der Waals surface area contributed by atoms with Crippen LogP contribution in [0.4, 0.5) is 0 Å². The summed E-state index contributed by atoms with van der Waals surface area (Å²) in [7, 11) is 0. The van der Waals surface area contributed by atoms with E-state index in [9.17, 15) is 0 Å². The van der Waals surface area contributed by atoms with E-state index < -0.39 is 11.9 Å². The monoisotopic (exact) mass is 438 g/mol. The van der Waals surface area contributed by atoms with Gasteiger partial charge in [-0.05, 0) is 59.6 Å². The molecule has 1 aromatic heterocycles. The largest absolute Gasteiger partial charge is 0.473 e. The van der Waals surface area contributed by atoms with Crippen LogP contribution >= 0.6 is 15.9 Å². The fraction of sp³-hybridized carbons (Fsp3) is 0.368. The summed E-state index contributed by atoms with van der Waals surface area (Å²) in [6.45, 7) is 4.20. The number of hydrogen-bond donors (Lipinski definition) is 3. The number of nitrogens with zero attached hydrogens (tertiary/aromatic N) is 1. The third-order valence-corrected chi connectivity index (χ3v) is 4.64. The number of benzene rings is 1. The number of rotatable bonds is 5. The molecule has 1 aliphatic heterocycles. The van der Waals surface area contributed by atoms with E-state index in [2.05, 4.69) is 56.5 Å². The van der Waals surface area contributed by atoms with Crippen LogP contribution in [0.3, 0.4) is 0 Å². The summed E-state index contributed by atoms with van der Waals surface area (Å²) in [4.78, 5) is 20.7. The molecule has 146 valence electrons. The summed E-state index contributed by atoms with van der Waals surface area (Å²) in [5.74, 6) is -2.65. The number of likely N-dealkylation sites (tertiary alicyclic amines) is 1. The Labute approximate surface area is 166 Å². The molecule has 27 heavy (non-hydrogen) atoms. The first-order chi connectivity index (χ1) is 12.9. The van der Waals surface area contributed by atoms with Gasteiger partial charge in [-0.1, -0.05) is 30.3 Å². The van der Waals surface area contributed by atoms with Gasteiger partial charge in [-0.3, -0.25) is 4.90 Å². The van der Waals surface area contributed by atoms with Crippen molar-refractivity contribution in [3.63, 3.8) is 0 Å². The van der Waals surface area contributed by atoms with Crippen molar-refractivity contribution < 1.29 is 24.2 Å². The Hall–Kier alpha value is -2.16. The van der Waals surface area contributed by atoms with E-state index in [0.29, 0.717) is 6.04 Å². The highest BCUT2D eigenvalue weighted by Crippen LogP contribution is 2.16. The minimum absolute atomic E-state index is 0.598. The maximum absolute atomic E-state index is 9.10. The highest BCUT2D eigenvalue weighted by molar-refractivity contribution is 9.10. The molecule has 0 spiro atoms. The highest BCUT2D eigenvalue weighted by Gasteiger charge is 2.19. The van der Waals surface area contributed by atoms with E-state index in [1.165, 1.54) is 18.4 Å². The Morgan fingerprint density at radius 1 is 1.07 bits per heavy atom. The standard InChI is InChI=1S/C17H21BrN2O.C2H2O4/c18-17-7-6-16(21-17)12-19-15-8-10-20(11-9-15)13-14-4-2-1-3-5-14;3-1(4)2(5)6/h1-7,15,19H,8-13H2;(H,3,4)(H,5,6). The van der Waals surface area contributed by atoms with Gasteiger partial charge in [-0.15, -0.1) is 0 Å². The Morgan fingerprint density at radius 2 is 1.70 bits per heavy atom. The van der Waals surface area contributed by atoms with E-state index in [4.69, 9.17) is 24.2 Å². The zero-order valence-corrected chi connectivity index (χ0v) is 16.4. The van der Waals surface area contributed by atoms with Crippen LogP contribution in [0.2, 0.25) is 0 Å². The maximum Gasteiger partial charge on any atom is 0.414 e. The van der Waals surface area contributed by atoms with Crippen molar-refractivity contribution in [2.75, 3.05) is 13.1 Å². The summed E-state index contributed by atoms with van der Waals surface area (Å²) in [5, 5.41) is 18.4. The molecule has 1 fully saturated rings. The van der Waals surface area contributed by atoms with Gasteiger partial charge in [0.1, 0.15) is 5.76 Å². The molecule has 0 unspecified atom stereocenters. The van der Waals surface area contributed by atoms with E-state index >= 15 is 0 Å². The molecule has 3 rings (SSSR count). The normalized spacial score (nSPS) is 15.0. The zero-order valence-electron chi connectivity index (χ0n) is 14.8. The van der Waals surface area contributed by atoms with Crippen LogP contribution in [0.1, 0.15) is 24.2 Å². The van der Waals surface area contributed by atoms with E-state index in [1.54, 1.807) is 0 Å².